The molecule has 0 spiro atoms. The highest BCUT2D eigenvalue weighted by atomic mass is 16.5. The molecule has 0 saturated carbocycles. The van der Waals surface area contributed by atoms with Gasteiger partial charge in [0.1, 0.15) is 0 Å². The van der Waals surface area contributed by atoms with Crippen LogP contribution in [0.25, 0.3) is 0 Å². The van der Waals surface area contributed by atoms with Crippen LogP contribution >= 0.6 is 0 Å². The molecule has 1 aromatic rings. The SMILES string of the molecule is CCCCOCCOCCNC(=NC)NCCCn1cc(C)cn1. The van der Waals surface area contributed by atoms with Gasteiger partial charge in [-0.05, 0) is 25.3 Å². The van der Waals surface area contributed by atoms with Crippen LogP contribution in [-0.2, 0) is 16.0 Å². The second-order valence-electron chi connectivity index (χ2n) is 5.64. The maximum atomic E-state index is 5.51. The zero-order valence-electron chi connectivity index (χ0n) is 15.4. The van der Waals surface area contributed by atoms with Crippen molar-refractivity contribution in [2.75, 3.05) is 46.6 Å². The zero-order valence-corrected chi connectivity index (χ0v) is 15.4. The van der Waals surface area contributed by atoms with Gasteiger partial charge in [-0.3, -0.25) is 9.67 Å². The second kappa shape index (κ2) is 13.8. The van der Waals surface area contributed by atoms with E-state index in [0.717, 1.165) is 45.0 Å². The number of rotatable bonds is 13. The Hall–Kier alpha value is -1.60. The standard InChI is InChI=1S/C17H33N5O2/c1-4-5-10-23-12-13-24-11-8-20-17(18-3)19-7-6-9-22-15-16(2)14-21-22/h14-15H,4-13H2,1-3H3,(H2,18,19,20). The normalized spacial score (nSPS) is 11.7. The highest BCUT2D eigenvalue weighted by molar-refractivity contribution is 5.79. The predicted molar refractivity (Wildman–Crippen MR) is 97.5 cm³/mol. The first kappa shape index (κ1) is 20.4. The highest BCUT2D eigenvalue weighted by Crippen LogP contribution is 1.95. The quantitative estimate of drug-likeness (QED) is 0.324. The van der Waals surface area contributed by atoms with E-state index < -0.39 is 0 Å². The summed E-state index contributed by atoms with van der Waals surface area (Å²) in [6.45, 7) is 9.46. The third-order valence-electron chi connectivity index (χ3n) is 3.40. The molecule has 0 radical (unpaired) electrons. The van der Waals surface area contributed by atoms with Crippen LogP contribution in [0.15, 0.2) is 17.4 Å². The van der Waals surface area contributed by atoms with Crippen LogP contribution in [0, 0.1) is 6.92 Å². The van der Waals surface area contributed by atoms with E-state index >= 15 is 0 Å². The molecule has 0 amide bonds. The number of hydrogen-bond acceptors (Lipinski definition) is 4. The molecule has 24 heavy (non-hydrogen) atoms. The Morgan fingerprint density at radius 1 is 1.12 bits per heavy atom. The molecule has 0 unspecified atom stereocenters. The van der Waals surface area contributed by atoms with Crippen molar-refractivity contribution in [1.29, 1.82) is 0 Å². The van der Waals surface area contributed by atoms with Gasteiger partial charge in [-0.15, -0.1) is 0 Å². The molecule has 0 atom stereocenters. The van der Waals surface area contributed by atoms with Crippen molar-refractivity contribution in [3.05, 3.63) is 18.0 Å². The summed E-state index contributed by atoms with van der Waals surface area (Å²) < 4.78 is 12.9. The van der Waals surface area contributed by atoms with E-state index in [1.807, 2.05) is 17.8 Å². The molecular weight excluding hydrogens is 306 g/mol. The highest BCUT2D eigenvalue weighted by Gasteiger charge is 1.98. The topological polar surface area (TPSA) is 72.7 Å². The van der Waals surface area contributed by atoms with E-state index in [-0.39, 0.29) is 0 Å². The summed E-state index contributed by atoms with van der Waals surface area (Å²) in [6, 6.07) is 0. The van der Waals surface area contributed by atoms with E-state index in [4.69, 9.17) is 9.47 Å². The largest absolute Gasteiger partial charge is 0.379 e. The fourth-order valence-corrected chi connectivity index (χ4v) is 2.07. The van der Waals surface area contributed by atoms with E-state index in [2.05, 4.69) is 33.8 Å². The lowest BCUT2D eigenvalue weighted by Crippen LogP contribution is -2.39. The van der Waals surface area contributed by atoms with Crippen LogP contribution in [0.2, 0.25) is 0 Å². The minimum absolute atomic E-state index is 0.640. The first-order valence-electron chi connectivity index (χ1n) is 8.85. The van der Waals surface area contributed by atoms with Crippen molar-refractivity contribution in [2.24, 2.45) is 4.99 Å². The molecule has 138 valence electrons. The van der Waals surface area contributed by atoms with Crippen LogP contribution in [0.1, 0.15) is 31.7 Å². The zero-order chi connectivity index (χ0) is 17.5. The van der Waals surface area contributed by atoms with Gasteiger partial charge in [0, 0.05) is 39.5 Å². The molecule has 1 heterocycles. The Bertz CT molecular complexity index is 448. The van der Waals surface area contributed by atoms with Gasteiger partial charge in [-0.25, -0.2) is 0 Å². The number of nitrogens with zero attached hydrogens (tertiary/aromatic N) is 3. The summed E-state index contributed by atoms with van der Waals surface area (Å²) in [4.78, 5) is 4.20. The molecule has 2 N–H and O–H groups in total. The van der Waals surface area contributed by atoms with E-state index in [9.17, 15) is 0 Å². The van der Waals surface area contributed by atoms with E-state index in [0.29, 0.717) is 19.8 Å². The monoisotopic (exact) mass is 339 g/mol. The number of aryl methyl sites for hydroxylation is 2. The molecule has 0 bridgehead atoms. The molecule has 0 saturated heterocycles. The van der Waals surface area contributed by atoms with Crippen LogP contribution in [0.5, 0.6) is 0 Å². The number of hydrogen-bond donors (Lipinski definition) is 2. The van der Waals surface area contributed by atoms with Crippen molar-refractivity contribution in [3.8, 4) is 0 Å². The predicted octanol–water partition coefficient (Wildman–Crippen LogP) is 1.58. The summed E-state index contributed by atoms with van der Waals surface area (Å²) in [7, 11) is 1.77. The first-order chi connectivity index (χ1) is 11.8. The van der Waals surface area contributed by atoms with Gasteiger partial charge in [0.25, 0.3) is 0 Å². The summed E-state index contributed by atoms with van der Waals surface area (Å²) in [6.07, 6.45) is 7.20. The first-order valence-corrected chi connectivity index (χ1v) is 8.85. The van der Waals surface area contributed by atoms with Gasteiger partial charge >= 0.3 is 0 Å². The average Bonchev–Trinajstić information content (AvgIpc) is 3.00. The molecule has 0 fully saturated rings. The van der Waals surface area contributed by atoms with Crippen molar-refractivity contribution in [1.82, 2.24) is 20.4 Å². The fraction of sp³-hybridized carbons (Fsp3) is 0.765. The lowest BCUT2D eigenvalue weighted by Gasteiger charge is -2.12. The van der Waals surface area contributed by atoms with Crippen LogP contribution in [-0.4, -0.2) is 62.3 Å². The maximum Gasteiger partial charge on any atom is 0.191 e. The third kappa shape index (κ3) is 10.2. The van der Waals surface area contributed by atoms with Gasteiger partial charge in [0.15, 0.2) is 5.96 Å². The van der Waals surface area contributed by atoms with Gasteiger partial charge in [-0.2, -0.15) is 5.10 Å². The molecule has 1 aromatic heterocycles. The number of aromatic nitrogens is 2. The minimum atomic E-state index is 0.640. The molecule has 0 aliphatic carbocycles. The van der Waals surface area contributed by atoms with Gasteiger partial charge < -0.3 is 20.1 Å². The number of aliphatic imine (C=N–C) groups is 1. The molecule has 1 rings (SSSR count). The summed E-state index contributed by atoms with van der Waals surface area (Å²) >= 11 is 0. The lowest BCUT2D eigenvalue weighted by molar-refractivity contribution is 0.0487. The molecule has 0 aromatic carbocycles. The second-order valence-corrected chi connectivity index (χ2v) is 5.64. The van der Waals surface area contributed by atoms with E-state index in [1.165, 1.54) is 12.0 Å². The molecule has 0 aliphatic rings. The Morgan fingerprint density at radius 2 is 1.88 bits per heavy atom. The molecule has 0 aliphatic heterocycles. The van der Waals surface area contributed by atoms with Crippen molar-refractivity contribution >= 4 is 5.96 Å². The van der Waals surface area contributed by atoms with Crippen LogP contribution in [0.4, 0.5) is 0 Å². The average molecular weight is 339 g/mol. The third-order valence-corrected chi connectivity index (χ3v) is 3.40. The minimum Gasteiger partial charge on any atom is -0.379 e. The maximum absolute atomic E-state index is 5.51. The molecule has 7 heteroatoms. The van der Waals surface area contributed by atoms with Gasteiger partial charge in [-0.1, -0.05) is 13.3 Å². The smallest absolute Gasteiger partial charge is 0.191 e. The summed E-state index contributed by atoms with van der Waals surface area (Å²) in [5.41, 5.74) is 1.19. The van der Waals surface area contributed by atoms with E-state index in [1.54, 1.807) is 7.05 Å². The number of unbranched alkanes of at least 4 members (excludes halogenated alkanes) is 1. The summed E-state index contributed by atoms with van der Waals surface area (Å²) in [5, 5.41) is 10.8. The van der Waals surface area contributed by atoms with Crippen molar-refractivity contribution in [3.63, 3.8) is 0 Å². The summed E-state index contributed by atoms with van der Waals surface area (Å²) in [5.74, 6) is 0.800. The number of guanidine groups is 1. The van der Waals surface area contributed by atoms with Crippen molar-refractivity contribution < 1.29 is 9.47 Å². The Labute approximate surface area is 145 Å². The van der Waals surface area contributed by atoms with Crippen LogP contribution < -0.4 is 10.6 Å². The lowest BCUT2D eigenvalue weighted by atomic mass is 10.4. The fourth-order valence-electron chi connectivity index (χ4n) is 2.07. The number of nitrogens with one attached hydrogen (secondary N) is 2. The Kier molecular flexibility index (Phi) is 11.8. The number of ether oxygens (including phenoxy) is 2. The Morgan fingerprint density at radius 3 is 2.54 bits per heavy atom. The Balaban J connectivity index is 1.95. The van der Waals surface area contributed by atoms with Crippen molar-refractivity contribution in [2.45, 2.75) is 39.7 Å². The van der Waals surface area contributed by atoms with Gasteiger partial charge in [0.2, 0.25) is 0 Å². The van der Waals surface area contributed by atoms with Crippen LogP contribution in [0.3, 0.4) is 0 Å². The molecule has 7 nitrogen and oxygen atoms in total. The molecular formula is C17H33N5O2. The van der Waals surface area contributed by atoms with Gasteiger partial charge in [0.05, 0.1) is 26.0 Å².